The standard InChI is InChI=1S/C16H19NO3/c1-11(2)10-20-16(19)12(3)17-8-13(9-18)14-6-4-5-7-15(14)17/h4-9,11-12H,10H2,1-3H3. The van der Waals surface area contributed by atoms with Crippen LogP contribution in [0.3, 0.4) is 0 Å². The maximum atomic E-state index is 12.1. The third kappa shape index (κ3) is 2.74. The Morgan fingerprint density at radius 2 is 2.00 bits per heavy atom. The molecule has 0 radical (unpaired) electrons. The summed E-state index contributed by atoms with van der Waals surface area (Å²) in [6.07, 6.45) is 2.52. The lowest BCUT2D eigenvalue weighted by atomic mass is 10.2. The zero-order valence-corrected chi connectivity index (χ0v) is 12.0. The Kier molecular flexibility index (Phi) is 4.23. The Labute approximate surface area is 118 Å². The van der Waals surface area contributed by atoms with Crippen molar-refractivity contribution in [3.05, 3.63) is 36.0 Å². The number of esters is 1. The van der Waals surface area contributed by atoms with Crippen LogP contribution >= 0.6 is 0 Å². The minimum Gasteiger partial charge on any atom is -0.464 e. The van der Waals surface area contributed by atoms with E-state index in [1.807, 2.05) is 38.1 Å². The summed E-state index contributed by atoms with van der Waals surface area (Å²) >= 11 is 0. The predicted octanol–water partition coefficient (Wildman–Crippen LogP) is 3.21. The molecular weight excluding hydrogens is 254 g/mol. The molecule has 0 aliphatic rings. The molecule has 4 nitrogen and oxygen atoms in total. The zero-order chi connectivity index (χ0) is 14.7. The number of rotatable bonds is 5. The number of hydrogen-bond donors (Lipinski definition) is 0. The molecule has 20 heavy (non-hydrogen) atoms. The lowest BCUT2D eigenvalue weighted by Gasteiger charge is -2.15. The largest absolute Gasteiger partial charge is 0.464 e. The molecule has 4 heteroatoms. The van der Waals surface area contributed by atoms with Crippen LogP contribution in [-0.2, 0) is 9.53 Å². The molecule has 0 aliphatic carbocycles. The number of hydrogen-bond acceptors (Lipinski definition) is 3. The fourth-order valence-corrected chi connectivity index (χ4v) is 2.13. The molecule has 1 atom stereocenters. The number of carbonyl (C=O) groups is 2. The quantitative estimate of drug-likeness (QED) is 0.621. The third-order valence-electron chi connectivity index (χ3n) is 3.22. The van der Waals surface area contributed by atoms with Gasteiger partial charge in [-0.15, -0.1) is 0 Å². The highest BCUT2D eigenvalue weighted by molar-refractivity contribution is 5.98. The molecule has 1 heterocycles. The van der Waals surface area contributed by atoms with E-state index < -0.39 is 6.04 Å². The van der Waals surface area contributed by atoms with E-state index in [9.17, 15) is 9.59 Å². The van der Waals surface area contributed by atoms with Crippen LogP contribution in [0.5, 0.6) is 0 Å². The van der Waals surface area contributed by atoms with E-state index in [-0.39, 0.29) is 5.97 Å². The van der Waals surface area contributed by atoms with Crippen molar-refractivity contribution in [2.45, 2.75) is 26.8 Å². The predicted molar refractivity (Wildman–Crippen MR) is 77.8 cm³/mol. The number of nitrogens with zero attached hydrogens (tertiary/aromatic N) is 1. The van der Waals surface area contributed by atoms with Gasteiger partial charge in [-0.3, -0.25) is 4.79 Å². The Balaban J connectivity index is 2.32. The highest BCUT2D eigenvalue weighted by Gasteiger charge is 2.20. The normalized spacial score (nSPS) is 12.6. The summed E-state index contributed by atoms with van der Waals surface area (Å²) in [4.78, 5) is 23.2. The van der Waals surface area contributed by atoms with Crippen LogP contribution in [0.15, 0.2) is 30.5 Å². The Morgan fingerprint density at radius 1 is 1.30 bits per heavy atom. The van der Waals surface area contributed by atoms with Crippen LogP contribution in [-0.4, -0.2) is 23.4 Å². The molecule has 1 unspecified atom stereocenters. The van der Waals surface area contributed by atoms with E-state index >= 15 is 0 Å². The van der Waals surface area contributed by atoms with Crippen molar-refractivity contribution in [1.29, 1.82) is 0 Å². The van der Waals surface area contributed by atoms with Crippen molar-refractivity contribution in [3.63, 3.8) is 0 Å². The fraction of sp³-hybridized carbons (Fsp3) is 0.375. The Hall–Kier alpha value is -2.10. The second kappa shape index (κ2) is 5.90. The van der Waals surface area contributed by atoms with Crippen molar-refractivity contribution < 1.29 is 14.3 Å². The summed E-state index contributed by atoms with van der Waals surface area (Å²) in [7, 11) is 0. The topological polar surface area (TPSA) is 48.3 Å². The minimum absolute atomic E-state index is 0.281. The second-order valence-electron chi connectivity index (χ2n) is 5.33. The first-order valence-corrected chi connectivity index (χ1v) is 6.76. The highest BCUT2D eigenvalue weighted by atomic mass is 16.5. The summed E-state index contributed by atoms with van der Waals surface area (Å²) in [6, 6.07) is 7.09. The first-order valence-electron chi connectivity index (χ1n) is 6.76. The van der Waals surface area contributed by atoms with Gasteiger partial charge in [0.25, 0.3) is 0 Å². The SMILES string of the molecule is CC(C)COC(=O)C(C)n1cc(C=O)c2ccccc21. The minimum atomic E-state index is -0.452. The molecule has 2 rings (SSSR count). The summed E-state index contributed by atoms with van der Waals surface area (Å²) < 4.78 is 7.06. The first-order chi connectivity index (χ1) is 9.54. The number of aromatic nitrogens is 1. The lowest BCUT2D eigenvalue weighted by molar-refractivity contribution is -0.148. The number of carbonyl (C=O) groups excluding carboxylic acids is 2. The van der Waals surface area contributed by atoms with Gasteiger partial charge in [0.2, 0.25) is 0 Å². The lowest BCUT2D eigenvalue weighted by Crippen LogP contribution is -2.20. The van der Waals surface area contributed by atoms with Gasteiger partial charge in [0.1, 0.15) is 6.04 Å². The third-order valence-corrected chi connectivity index (χ3v) is 3.22. The van der Waals surface area contributed by atoms with Crippen LogP contribution in [0.1, 0.15) is 37.2 Å². The first kappa shape index (κ1) is 14.3. The molecule has 0 fully saturated rings. The van der Waals surface area contributed by atoms with Crippen LogP contribution < -0.4 is 0 Å². The monoisotopic (exact) mass is 273 g/mol. The van der Waals surface area contributed by atoms with Gasteiger partial charge in [-0.1, -0.05) is 32.0 Å². The van der Waals surface area contributed by atoms with Gasteiger partial charge in [0.15, 0.2) is 6.29 Å². The molecule has 0 bridgehead atoms. The molecule has 1 aromatic carbocycles. The smallest absolute Gasteiger partial charge is 0.328 e. The average Bonchev–Trinajstić information content (AvgIpc) is 2.82. The fourth-order valence-electron chi connectivity index (χ4n) is 2.13. The highest BCUT2D eigenvalue weighted by Crippen LogP contribution is 2.24. The molecular formula is C16H19NO3. The van der Waals surface area contributed by atoms with E-state index in [4.69, 9.17) is 4.74 Å². The molecule has 106 valence electrons. The van der Waals surface area contributed by atoms with Crippen molar-refractivity contribution in [1.82, 2.24) is 4.57 Å². The summed E-state index contributed by atoms with van der Waals surface area (Å²) in [6.45, 7) is 6.17. The van der Waals surface area contributed by atoms with E-state index in [1.165, 1.54) is 0 Å². The Morgan fingerprint density at radius 3 is 2.65 bits per heavy atom. The number of benzene rings is 1. The van der Waals surface area contributed by atoms with Gasteiger partial charge in [0.05, 0.1) is 6.61 Å². The molecule has 0 aliphatic heterocycles. The van der Waals surface area contributed by atoms with E-state index in [0.29, 0.717) is 18.1 Å². The van der Waals surface area contributed by atoms with Crippen LogP contribution in [0.25, 0.3) is 10.9 Å². The van der Waals surface area contributed by atoms with E-state index in [0.717, 1.165) is 17.2 Å². The molecule has 2 aromatic rings. The molecule has 0 saturated carbocycles. The number of para-hydroxylation sites is 1. The molecule has 1 aromatic heterocycles. The summed E-state index contributed by atoms with van der Waals surface area (Å²) in [5.74, 6) is 0.0231. The summed E-state index contributed by atoms with van der Waals surface area (Å²) in [5, 5.41) is 0.853. The van der Waals surface area contributed by atoms with Gasteiger partial charge < -0.3 is 9.30 Å². The molecule has 0 saturated heterocycles. The van der Waals surface area contributed by atoms with Crippen LogP contribution in [0, 0.1) is 5.92 Å². The van der Waals surface area contributed by atoms with Crippen molar-refractivity contribution in [2.75, 3.05) is 6.61 Å². The van der Waals surface area contributed by atoms with Crippen molar-refractivity contribution in [2.24, 2.45) is 5.92 Å². The van der Waals surface area contributed by atoms with Gasteiger partial charge >= 0.3 is 5.97 Å². The summed E-state index contributed by atoms with van der Waals surface area (Å²) in [5.41, 5.74) is 1.45. The average molecular weight is 273 g/mol. The second-order valence-corrected chi connectivity index (χ2v) is 5.33. The molecule has 0 spiro atoms. The van der Waals surface area contributed by atoms with Crippen molar-refractivity contribution >= 4 is 23.2 Å². The van der Waals surface area contributed by atoms with Gasteiger partial charge in [-0.2, -0.15) is 0 Å². The van der Waals surface area contributed by atoms with Gasteiger partial charge in [-0.05, 0) is 18.9 Å². The number of ether oxygens (including phenoxy) is 1. The maximum Gasteiger partial charge on any atom is 0.328 e. The van der Waals surface area contributed by atoms with Gasteiger partial charge in [-0.25, -0.2) is 4.79 Å². The number of fused-ring (bicyclic) bond motifs is 1. The molecule has 0 amide bonds. The van der Waals surface area contributed by atoms with E-state index in [2.05, 4.69) is 0 Å². The zero-order valence-electron chi connectivity index (χ0n) is 12.0. The van der Waals surface area contributed by atoms with E-state index in [1.54, 1.807) is 17.7 Å². The maximum absolute atomic E-state index is 12.1. The molecule has 0 N–H and O–H groups in total. The van der Waals surface area contributed by atoms with Crippen molar-refractivity contribution in [3.8, 4) is 0 Å². The van der Waals surface area contributed by atoms with Gasteiger partial charge in [0, 0.05) is 22.7 Å². The Bertz CT molecular complexity index is 628. The van der Waals surface area contributed by atoms with Crippen LogP contribution in [0.2, 0.25) is 0 Å². The van der Waals surface area contributed by atoms with Crippen LogP contribution in [0.4, 0.5) is 0 Å². The number of aldehydes is 1.